The lowest BCUT2D eigenvalue weighted by Gasteiger charge is -2.12. The number of benzene rings is 2. The Morgan fingerprint density at radius 3 is 2.90 bits per heavy atom. The van der Waals surface area contributed by atoms with Crippen LogP contribution in [0.3, 0.4) is 0 Å². The number of hydrogen-bond donors (Lipinski definition) is 2. The molecule has 104 valence electrons. The monoisotopic (exact) mass is 281 g/mol. The van der Waals surface area contributed by atoms with Gasteiger partial charge in [0.05, 0.1) is 5.56 Å². The normalized spacial score (nSPS) is 15.7. The summed E-state index contributed by atoms with van der Waals surface area (Å²) in [5.41, 5.74) is 2.37. The molecule has 1 amide bonds. The Morgan fingerprint density at radius 1 is 1.33 bits per heavy atom. The number of nitriles is 1. The first-order valence-electron chi connectivity index (χ1n) is 6.52. The molecular formula is C16H12FN3O. The zero-order chi connectivity index (χ0) is 14.8. The van der Waals surface area contributed by atoms with Crippen LogP contribution in [-0.2, 0) is 11.2 Å². The Bertz CT molecular complexity index is 726. The molecule has 0 aliphatic carbocycles. The lowest BCUT2D eigenvalue weighted by atomic mass is 10.1. The minimum atomic E-state index is -0.595. The van der Waals surface area contributed by atoms with Crippen LogP contribution in [0, 0.1) is 17.1 Å². The molecule has 1 atom stereocenters. The number of halogens is 1. The van der Waals surface area contributed by atoms with Crippen LogP contribution in [-0.4, -0.2) is 11.9 Å². The molecule has 0 unspecified atom stereocenters. The van der Waals surface area contributed by atoms with E-state index in [-0.39, 0.29) is 17.5 Å². The van der Waals surface area contributed by atoms with Crippen LogP contribution in [0.15, 0.2) is 42.5 Å². The third kappa shape index (κ3) is 2.56. The van der Waals surface area contributed by atoms with E-state index >= 15 is 0 Å². The largest absolute Gasteiger partial charge is 0.373 e. The molecule has 0 radical (unpaired) electrons. The molecular weight excluding hydrogens is 269 g/mol. The minimum Gasteiger partial charge on any atom is -0.373 e. The Balaban J connectivity index is 1.73. The molecule has 0 aromatic heterocycles. The van der Waals surface area contributed by atoms with Crippen LogP contribution >= 0.6 is 0 Å². The second-order valence-electron chi connectivity index (χ2n) is 4.85. The van der Waals surface area contributed by atoms with Crippen molar-refractivity contribution in [3.05, 3.63) is 59.4 Å². The fourth-order valence-corrected chi connectivity index (χ4v) is 2.37. The summed E-state index contributed by atoms with van der Waals surface area (Å²) in [5.74, 6) is -0.802. The first kappa shape index (κ1) is 13.1. The Hall–Kier alpha value is -2.87. The zero-order valence-electron chi connectivity index (χ0n) is 11.1. The zero-order valence-corrected chi connectivity index (χ0v) is 11.1. The maximum Gasteiger partial charge on any atom is 0.247 e. The number of para-hydroxylation sites is 1. The fourth-order valence-electron chi connectivity index (χ4n) is 2.37. The van der Waals surface area contributed by atoms with Crippen molar-refractivity contribution in [2.24, 2.45) is 0 Å². The van der Waals surface area contributed by atoms with Gasteiger partial charge in [-0.05, 0) is 29.8 Å². The fraction of sp³-hybridized carbons (Fsp3) is 0.125. The maximum absolute atomic E-state index is 13.2. The van der Waals surface area contributed by atoms with Gasteiger partial charge in [0.25, 0.3) is 0 Å². The molecule has 5 heteroatoms. The van der Waals surface area contributed by atoms with Crippen LogP contribution < -0.4 is 10.6 Å². The van der Waals surface area contributed by atoms with Crippen LogP contribution in [0.25, 0.3) is 0 Å². The summed E-state index contributed by atoms with van der Waals surface area (Å²) >= 11 is 0. The van der Waals surface area contributed by atoms with Crippen LogP contribution in [0.4, 0.5) is 15.8 Å². The van der Waals surface area contributed by atoms with E-state index in [0.717, 1.165) is 11.3 Å². The average Bonchev–Trinajstić information content (AvgIpc) is 2.93. The van der Waals surface area contributed by atoms with Crippen molar-refractivity contribution >= 4 is 17.3 Å². The van der Waals surface area contributed by atoms with Crippen LogP contribution in [0.1, 0.15) is 11.1 Å². The molecule has 4 nitrogen and oxygen atoms in total. The number of amides is 1. The molecule has 2 aromatic carbocycles. The topological polar surface area (TPSA) is 64.9 Å². The van der Waals surface area contributed by atoms with E-state index < -0.39 is 5.82 Å². The molecule has 1 aliphatic heterocycles. The van der Waals surface area contributed by atoms with E-state index in [2.05, 4.69) is 10.6 Å². The number of anilines is 2. The second-order valence-corrected chi connectivity index (χ2v) is 4.85. The molecule has 2 N–H and O–H groups in total. The summed E-state index contributed by atoms with van der Waals surface area (Å²) in [6.45, 7) is 0. The molecule has 0 saturated carbocycles. The van der Waals surface area contributed by atoms with Crippen molar-refractivity contribution in [1.29, 1.82) is 5.26 Å². The number of nitrogens with one attached hydrogen (secondary N) is 2. The summed E-state index contributed by atoms with van der Waals surface area (Å²) in [5, 5.41) is 14.6. The third-order valence-electron chi connectivity index (χ3n) is 3.44. The average molecular weight is 281 g/mol. The van der Waals surface area contributed by atoms with Crippen molar-refractivity contribution in [1.82, 2.24) is 0 Å². The third-order valence-corrected chi connectivity index (χ3v) is 3.44. The van der Waals surface area contributed by atoms with Gasteiger partial charge in [-0.15, -0.1) is 0 Å². The van der Waals surface area contributed by atoms with Gasteiger partial charge in [0.2, 0.25) is 5.91 Å². The van der Waals surface area contributed by atoms with Gasteiger partial charge in [0.15, 0.2) is 0 Å². The first-order chi connectivity index (χ1) is 10.2. The summed E-state index contributed by atoms with van der Waals surface area (Å²) < 4.78 is 13.2. The standard InChI is InChI=1S/C16H12FN3O/c17-13-6-5-12(7-11(13)9-18)19-16(21)15-8-10-3-1-2-4-14(10)20-15/h1-7,15,20H,8H2,(H,19,21)/t15-/m0/s1. The molecule has 1 heterocycles. The van der Waals surface area contributed by atoms with Crippen molar-refractivity contribution in [3.63, 3.8) is 0 Å². The molecule has 21 heavy (non-hydrogen) atoms. The molecule has 0 saturated heterocycles. The molecule has 2 aromatic rings. The summed E-state index contributed by atoms with van der Waals surface area (Å²) in [7, 11) is 0. The molecule has 3 rings (SSSR count). The van der Waals surface area contributed by atoms with E-state index in [9.17, 15) is 9.18 Å². The summed E-state index contributed by atoms with van der Waals surface area (Å²) in [6, 6.07) is 13.1. The first-order valence-corrected chi connectivity index (χ1v) is 6.52. The highest BCUT2D eigenvalue weighted by atomic mass is 19.1. The van der Waals surface area contributed by atoms with Gasteiger partial charge in [0.1, 0.15) is 17.9 Å². The van der Waals surface area contributed by atoms with Gasteiger partial charge in [-0.1, -0.05) is 18.2 Å². The molecule has 0 bridgehead atoms. The highest BCUT2D eigenvalue weighted by Crippen LogP contribution is 2.26. The smallest absolute Gasteiger partial charge is 0.247 e. The van der Waals surface area contributed by atoms with Crippen molar-refractivity contribution < 1.29 is 9.18 Å². The second kappa shape index (κ2) is 5.25. The van der Waals surface area contributed by atoms with E-state index in [1.165, 1.54) is 18.2 Å². The Kier molecular flexibility index (Phi) is 3.28. The lowest BCUT2D eigenvalue weighted by molar-refractivity contribution is -0.116. The van der Waals surface area contributed by atoms with E-state index in [0.29, 0.717) is 12.1 Å². The highest BCUT2D eigenvalue weighted by Gasteiger charge is 2.26. The van der Waals surface area contributed by atoms with Crippen LogP contribution in [0.2, 0.25) is 0 Å². The lowest BCUT2D eigenvalue weighted by Crippen LogP contribution is -2.32. The highest BCUT2D eigenvalue weighted by molar-refractivity contribution is 5.98. The number of fused-ring (bicyclic) bond motifs is 1. The van der Waals surface area contributed by atoms with Gasteiger partial charge >= 0.3 is 0 Å². The van der Waals surface area contributed by atoms with E-state index in [4.69, 9.17) is 5.26 Å². The summed E-state index contributed by atoms with van der Waals surface area (Å²) in [6.07, 6.45) is 0.605. The van der Waals surface area contributed by atoms with Crippen molar-refractivity contribution in [2.75, 3.05) is 10.6 Å². The van der Waals surface area contributed by atoms with Gasteiger partial charge in [-0.25, -0.2) is 4.39 Å². The number of nitrogens with zero attached hydrogens (tertiary/aromatic N) is 1. The predicted molar refractivity (Wildman–Crippen MR) is 77.3 cm³/mol. The number of carbonyl (C=O) groups excluding carboxylic acids is 1. The van der Waals surface area contributed by atoms with Crippen LogP contribution in [0.5, 0.6) is 0 Å². The number of carbonyl (C=O) groups is 1. The molecule has 0 spiro atoms. The van der Waals surface area contributed by atoms with E-state index in [1.807, 2.05) is 24.3 Å². The van der Waals surface area contributed by atoms with E-state index in [1.54, 1.807) is 6.07 Å². The number of rotatable bonds is 2. The van der Waals surface area contributed by atoms with Gasteiger partial charge in [0, 0.05) is 17.8 Å². The number of hydrogen-bond acceptors (Lipinski definition) is 3. The Morgan fingerprint density at radius 2 is 2.14 bits per heavy atom. The Labute approximate surface area is 121 Å². The minimum absolute atomic E-state index is 0.0875. The van der Waals surface area contributed by atoms with Gasteiger partial charge in [-0.3, -0.25) is 4.79 Å². The molecule has 0 fully saturated rings. The maximum atomic E-state index is 13.2. The molecule has 1 aliphatic rings. The summed E-state index contributed by atoms with van der Waals surface area (Å²) in [4.78, 5) is 12.2. The van der Waals surface area contributed by atoms with Crippen molar-refractivity contribution in [3.8, 4) is 6.07 Å². The van der Waals surface area contributed by atoms with Gasteiger partial charge < -0.3 is 10.6 Å². The van der Waals surface area contributed by atoms with Gasteiger partial charge in [-0.2, -0.15) is 5.26 Å². The quantitative estimate of drug-likeness (QED) is 0.889. The predicted octanol–water partition coefficient (Wildman–Crippen LogP) is 2.67. The van der Waals surface area contributed by atoms with Crippen molar-refractivity contribution in [2.45, 2.75) is 12.5 Å². The SMILES string of the molecule is N#Cc1cc(NC(=O)[C@@H]2Cc3ccccc3N2)ccc1F.